The Labute approximate surface area is 142 Å². The molecule has 1 aromatic heterocycles. The number of aryl methyl sites for hydroxylation is 2. The summed E-state index contributed by atoms with van der Waals surface area (Å²) in [5.41, 5.74) is 1.16. The number of thiazole rings is 1. The Hall–Kier alpha value is -0.370. The molecule has 0 amide bonds. The van der Waals surface area contributed by atoms with Gasteiger partial charge in [-0.3, -0.25) is 4.99 Å². The maximum atomic E-state index is 4.61. The molecule has 1 saturated carbocycles. The highest BCUT2D eigenvalue weighted by Crippen LogP contribution is 2.28. The van der Waals surface area contributed by atoms with Crippen molar-refractivity contribution in [3.63, 3.8) is 0 Å². The molecule has 0 radical (unpaired) electrons. The normalized spacial score (nSPS) is 14.8. The van der Waals surface area contributed by atoms with E-state index in [1.54, 1.807) is 11.3 Å². The molecule has 0 bridgehead atoms. The summed E-state index contributed by atoms with van der Waals surface area (Å²) in [5, 5.41) is 7.89. The highest BCUT2D eigenvalue weighted by Gasteiger charge is 2.20. The zero-order valence-corrected chi connectivity index (χ0v) is 15.7. The van der Waals surface area contributed by atoms with E-state index in [0.29, 0.717) is 0 Å². The summed E-state index contributed by atoms with van der Waals surface area (Å²) in [6, 6.07) is 0. The van der Waals surface area contributed by atoms with Crippen LogP contribution in [-0.4, -0.2) is 30.6 Å². The molecule has 0 saturated heterocycles. The molecule has 114 valence electrons. The minimum atomic E-state index is 0. The Bertz CT molecular complexity index is 421. The molecule has 6 heteroatoms. The first-order valence-electron chi connectivity index (χ1n) is 7.14. The van der Waals surface area contributed by atoms with Crippen LogP contribution in [0.4, 0.5) is 0 Å². The molecule has 1 aromatic rings. The van der Waals surface area contributed by atoms with E-state index in [1.165, 1.54) is 22.7 Å². The molecule has 0 aliphatic heterocycles. The zero-order valence-electron chi connectivity index (χ0n) is 12.5. The highest BCUT2D eigenvalue weighted by atomic mass is 127. The molecule has 20 heavy (non-hydrogen) atoms. The van der Waals surface area contributed by atoms with Gasteiger partial charge in [-0.15, -0.1) is 35.3 Å². The van der Waals surface area contributed by atoms with Gasteiger partial charge in [-0.1, -0.05) is 0 Å². The molecule has 1 fully saturated rings. The van der Waals surface area contributed by atoms with Gasteiger partial charge in [-0.25, -0.2) is 4.98 Å². The third-order valence-electron chi connectivity index (χ3n) is 3.25. The van der Waals surface area contributed by atoms with Crippen LogP contribution in [0.2, 0.25) is 0 Å². The highest BCUT2D eigenvalue weighted by molar-refractivity contribution is 14.0. The van der Waals surface area contributed by atoms with E-state index in [1.807, 2.05) is 0 Å². The molecular weight excluding hydrogens is 383 g/mol. The van der Waals surface area contributed by atoms with Crippen molar-refractivity contribution in [2.45, 2.75) is 40.0 Å². The van der Waals surface area contributed by atoms with Gasteiger partial charge in [0.2, 0.25) is 0 Å². The van der Waals surface area contributed by atoms with Crippen LogP contribution in [0.1, 0.15) is 35.3 Å². The van der Waals surface area contributed by atoms with Crippen LogP contribution < -0.4 is 10.6 Å². The number of nitrogens with one attached hydrogen (secondary N) is 2. The minimum Gasteiger partial charge on any atom is -0.357 e. The molecule has 4 nitrogen and oxygen atoms in total. The zero-order chi connectivity index (χ0) is 13.7. The predicted molar refractivity (Wildman–Crippen MR) is 97.4 cm³/mol. The summed E-state index contributed by atoms with van der Waals surface area (Å²) < 4.78 is 0. The van der Waals surface area contributed by atoms with Gasteiger partial charge < -0.3 is 10.6 Å². The fraction of sp³-hybridized carbons (Fsp3) is 0.714. The SMILES string of the molecule is CCNC(=NCC1CC1)NCCc1nc(C)c(C)s1.I. The van der Waals surface area contributed by atoms with Crippen molar-refractivity contribution < 1.29 is 0 Å². The Morgan fingerprint density at radius 3 is 2.65 bits per heavy atom. The first kappa shape index (κ1) is 17.7. The van der Waals surface area contributed by atoms with E-state index < -0.39 is 0 Å². The van der Waals surface area contributed by atoms with Gasteiger partial charge in [0.1, 0.15) is 0 Å². The molecule has 0 spiro atoms. The Morgan fingerprint density at radius 2 is 2.10 bits per heavy atom. The van der Waals surface area contributed by atoms with Crippen LogP contribution in [0.25, 0.3) is 0 Å². The molecule has 0 unspecified atom stereocenters. The third kappa shape index (κ3) is 5.95. The number of rotatable bonds is 6. The van der Waals surface area contributed by atoms with Crippen LogP contribution in [0.5, 0.6) is 0 Å². The summed E-state index contributed by atoms with van der Waals surface area (Å²) in [6.07, 6.45) is 3.66. The smallest absolute Gasteiger partial charge is 0.191 e. The molecule has 1 heterocycles. The van der Waals surface area contributed by atoms with Gasteiger partial charge in [-0.2, -0.15) is 0 Å². The van der Waals surface area contributed by atoms with Crippen molar-refractivity contribution in [3.05, 3.63) is 15.6 Å². The van der Waals surface area contributed by atoms with Crippen LogP contribution >= 0.6 is 35.3 Å². The van der Waals surface area contributed by atoms with Gasteiger partial charge in [0.05, 0.1) is 10.7 Å². The maximum absolute atomic E-state index is 4.61. The number of aromatic nitrogens is 1. The topological polar surface area (TPSA) is 49.3 Å². The number of nitrogens with zero attached hydrogens (tertiary/aromatic N) is 2. The molecule has 0 aromatic carbocycles. The second kappa shape index (κ2) is 8.81. The molecule has 1 aliphatic rings. The van der Waals surface area contributed by atoms with E-state index >= 15 is 0 Å². The van der Waals surface area contributed by atoms with Crippen molar-refractivity contribution in [1.82, 2.24) is 15.6 Å². The lowest BCUT2D eigenvalue weighted by Crippen LogP contribution is -2.38. The van der Waals surface area contributed by atoms with Crippen molar-refractivity contribution in [2.75, 3.05) is 19.6 Å². The lowest BCUT2D eigenvalue weighted by molar-refractivity contribution is 0.774. The number of halogens is 1. The minimum absolute atomic E-state index is 0. The van der Waals surface area contributed by atoms with Gasteiger partial charge in [-0.05, 0) is 39.5 Å². The number of guanidine groups is 1. The van der Waals surface area contributed by atoms with Crippen LogP contribution in [0.15, 0.2) is 4.99 Å². The van der Waals surface area contributed by atoms with E-state index in [-0.39, 0.29) is 24.0 Å². The van der Waals surface area contributed by atoms with Crippen molar-refractivity contribution in [3.8, 4) is 0 Å². The fourth-order valence-corrected chi connectivity index (χ4v) is 2.73. The van der Waals surface area contributed by atoms with Crippen molar-refractivity contribution in [1.29, 1.82) is 0 Å². The Balaban J connectivity index is 0.00000200. The largest absolute Gasteiger partial charge is 0.357 e. The average molecular weight is 408 g/mol. The van der Waals surface area contributed by atoms with Crippen LogP contribution in [0.3, 0.4) is 0 Å². The Morgan fingerprint density at radius 1 is 1.35 bits per heavy atom. The summed E-state index contributed by atoms with van der Waals surface area (Å²) in [4.78, 5) is 10.5. The summed E-state index contributed by atoms with van der Waals surface area (Å²) in [6.45, 7) is 9.07. The third-order valence-corrected chi connectivity index (χ3v) is 4.39. The number of aliphatic imine (C=N–C) groups is 1. The van der Waals surface area contributed by atoms with Gasteiger partial charge >= 0.3 is 0 Å². The van der Waals surface area contributed by atoms with E-state index in [4.69, 9.17) is 0 Å². The second-order valence-electron chi connectivity index (χ2n) is 5.09. The van der Waals surface area contributed by atoms with Crippen LogP contribution in [0, 0.1) is 19.8 Å². The predicted octanol–water partition coefficient (Wildman–Crippen LogP) is 2.89. The number of hydrogen-bond donors (Lipinski definition) is 2. The molecule has 2 N–H and O–H groups in total. The van der Waals surface area contributed by atoms with Gasteiger partial charge in [0, 0.05) is 30.9 Å². The fourth-order valence-electron chi connectivity index (χ4n) is 1.80. The summed E-state index contributed by atoms with van der Waals surface area (Å²) >= 11 is 1.80. The standard InChI is InChI=1S/C14H24N4S.HI/c1-4-15-14(17-9-12-5-6-12)16-8-7-13-18-10(2)11(3)19-13;/h12H,4-9H2,1-3H3,(H2,15,16,17);1H. The monoisotopic (exact) mass is 408 g/mol. The Kier molecular flexibility index (Phi) is 7.79. The van der Waals surface area contributed by atoms with Crippen LogP contribution in [-0.2, 0) is 6.42 Å². The maximum Gasteiger partial charge on any atom is 0.191 e. The first-order valence-corrected chi connectivity index (χ1v) is 7.95. The lowest BCUT2D eigenvalue weighted by Gasteiger charge is -2.10. The molecule has 0 atom stereocenters. The second-order valence-corrected chi connectivity index (χ2v) is 6.38. The summed E-state index contributed by atoms with van der Waals surface area (Å²) in [7, 11) is 0. The quantitative estimate of drug-likeness (QED) is 0.433. The lowest BCUT2D eigenvalue weighted by atomic mass is 10.4. The van der Waals surface area contributed by atoms with Crippen molar-refractivity contribution >= 4 is 41.3 Å². The first-order chi connectivity index (χ1) is 9.19. The van der Waals surface area contributed by atoms with Gasteiger partial charge in [0.15, 0.2) is 5.96 Å². The molecule has 1 aliphatic carbocycles. The molecular formula is C14H25IN4S. The van der Waals surface area contributed by atoms with E-state index in [9.17, 15) is 0 Å². The van der Waals surface area contributed by atoms with E-state index in [0.717, 1.165) is 43.6 Å². The number of hydrogen-bond acceptors (Lipinski definition) is 3. The van der Waals surface area contributed by atoms with E-state index in [2.05, 4.69) is 41.4 Å². The average Bonchev–Trinajstić information content (AvgIpc) is 3.14. The van der Waals surface area contributed by atoms with Gasteiger partial charge in [0.25, 0.3) is 0 Å². The molecule has 2 rings (SSSR count). The summed E-state index contributed by atoms with van der Waals surface area (Å²) in [5.74, 6) is 1.78. The van der Waals surface area contributed by atoms with Crippen molar-refractivity contribution in [2.24, 2.45) is 10.9 Å².